The lowest BCUT2D eigenvalue weighted by Gasteiger charge is -2.31. The van der Waals surface area contributed by atoms with E-state index in [1.807, 2.05) is 0 Å². The van der Waals surface area contributed by atoms with Crippen molar-refractivity contribution in [3.8, 4) is 0 Å². The van der Waals surface area contributed by atoms with Crippen LogP contribution in [0, 0.1) is 5.41 Å². The van der Waals surface area contributed by atoms with Gasteiger partial charge in [0.2, 0.25) is 0 Å². The van der Waals surface area contributed by atoms with Crippen LogP contribution in [-0.4, -0.2) is 37.0 Å². The Labute approximate surface area is 93.2 Å². The first-order chi connectivity index (χ1) is 7.01. The van der Waals surface area contributed by atoms with Crippen LogP contribution in [0.15, 0.2) is 0 Å². The largest absolute Gasteiger partial charge is 0.395 e. The van der Waals surface area contributed by atoms with Gasteiger partial charge in [-0.05, 0) is 24.7 Å². The normalized spacial score (nSPS) is 21.6. The molecule has 0 aliphatic carbocycles. The number of aliphatic hydroxyl groups excluding tert-OH is 1. The molecule has 0 aromatic carbocycles. The number of hydrogen-bond acceptors (Lipinski definition) is 3. The van der Waals surface area contributed by atoms with Crippen molar-refractivity contribution in [1.29, 1.82) is 0 Å². The monoisotopic (exact) mass is 215 g/mol. The van der Waals surface area contributed by atoms with E-state index in [9.17, 15) is 5.11 Å². The third-order valence-corrected chi connectivity index (χ3v) is 2.77. The smallest absolute Gasteiger partial charge is 0.0584 e. The number of nitrogens with one attached hydrogen (secondary N) is 1. The van der Waals surface area contributed by atoms with E-state index in [1.54, 1.807) is 0 Å². The van der Waals surface area contributed by atoms with Gasteiger partial charge in [0.1, 0.15) is 0 Å². The molecular weight excluding hydrogens is 190 g/mol. The van der Waals surface area contributed by atoms with Crippen LogP contribution < -0.4 is 5.32 Å². The summed E-state index contributed by atoms with van der Waals surface area (Å²) in [7, 11) is 0. The molecular formula is C12H25NO2. The Morgan fingerprint density at radius 2 is 1.93 bits per heavy atom. The molecule has 0 spiro atoms. The van der Waals surface area contributed by atoms with Crippen LogP contribution in [0.25, 0.3) is 0 Å². The fourth-order valence-corrected chi connectivity index (χ4v) is 2.11. The van der Waals surface area contributed by atoms with Crippen LogP contribution in [0.3, 0.4) is 0 Å². The molecule has 0 radical (unpaired) electrons. The first-order valence-corrected chi connectivity index (χ1v) is 5.96. The number of rotatable bonds is 4. The summed E-state index contributed by atoms with van der Waals surface area (Å²) in [6.45, 7) is 8.56. The summed E-state index contributed by atoms with van der Waals surface area (Å²) in [5.74, 6) is 0. The summed E-state index contributed by atoms with van der Waals surface area (Å²) in [5, 5.41) is 12.9. The number of ether oxygens (including phenoxy) is 1. The van der Waals surface area contributed by atoms with Crippen LogP contribution in [0.5, 0.6) is 0 Å². The minimum absolute atomic E-state index is 0.230. The van der Waals surface area contributed by atoms with Crippen molar-refractivity contribution in [1.82, 2.24) is 5.32 Å². The summed E-state index contributed by atoms with van der Waals surface area (Å²) in [5.41, 5.74) is 0.269. The van der Waals surface area contributed by atoms with Crippen molar-refractivity contribution in [3.05, 3.63) is 0 Å². The first-order valence-electron chi connectivity index (χ1n) is 5.96. The predicted octanol–water partition coefficient (Wildman–Crippen LogP) is 1.55. The van der Waals surface area contributed by atoms with Crippen molar-refractivity contribution in [3.63, 3.8) is 0 Å². The third-order valence-electron chi connectivity index (χ3n) is 2.77. The lowest BCUT2D eigenvalue weighted by atomic mass is 9.88. The Hall–Kier alpha value is -0.120. The number of aliphatic hydroxyl groups is 1. The zero-order chi connectivity index (χ0) is 11.3. The molecule has 1 atom stereocenters. The predicted molar refractivity (Wildman–Crippen MR) is 61.9 cm³/mol. The molecule has 2 N–H and O–H groups in total. The highest BCUT2D eigenvalue weighted by Crippen LogP contribution is 2.21. The average molecular weight is 215 g/mol. The molecule has 3 heteroatoms. The molecule has 0 aromatic rings. The SMILES string of the molecule is CC(C)(C)C[C@H](CO)NC1CCOCC1. The topological polar surface area (TPSA) is 41.5 Å². The summed E-state index contributed by atoms with van der Waals surface area (Å²) < 4.78 is 5.31. The fraction of sp³-hybridized carbons (Fsp3) is 1.00. The lowest BCUT2D eigenvalue weighted by molar-refractivity contribution is 0.0684. The second-order valence-corrected chi connectivity index (χ2v) is 5.70. The Balaban J connectivity index is 2.31. The second kappa shape index (κ2) is 5.83. The molecule has 0 saturated carbocycles. The van der Waals surface area contributed by atoms with Crippen molar-refractivity contribution in [2.24, 2.45) is 5.41 Å². The molecule has 0 unspecified atom stereocenters. The maximum atomic E-state index is 9.33. The summed E-state index contributed by atoms with van der Waals surface area (Å²) >= 11 is 0. The van der Waals surface area contributed by atoms with E-state index in [0.29, 0.717) is 6.04 Å². The average Bonchev–Trinajstić information content (AvgIpc) is 2.16. The zero-order valence-corrected chi connectivity index (χ0v) is 10.3. The van der Waals surface area contributed by atoms with Gasteiger partial charge in [-0.1, -0.05) is 20.8 Å². The van der Waals surface area contributed by atoms with Crippen LogP contribution >= 0.6 is 0 Å². The maximum Gasteiger partial charge on any atom is 0.0584 e. The lowest BCUT2D eigenvalue weighted by Crippen LogP contribution is -2.45. The van der Waals surface area contributed by atoms with Crippen molar-refractivity contribution in [2.45, 2.75) is 52.1 Å². The van der Waals surface area contributed by atoms with E-state index in [-0.39, 0.29) is 18.1 Å². The Morgan fingerprint density at radius 1 is 1.33 bits per heavy atom. The van der Waals surface area contributed by atoms with Gasteiger partial charge in [-0.15, -0.1) is 0 Å². The van der Waals surface area contributed by atoms with Crippen molar-refractivity contribution < 1.29 is 9.84 Å². The van der Waals surface area contributed by atoms with E-state index in [2.05, 4.69) is 26.1 Å². The van der Waals surface area contributed by atoms with Crippen molar-refractivity contribution >= 4 is 0 Å². The van der Waals surface area contributed by atoms with Gasteiger partial charge in [-0.3, -0.25) is 0 Å². The molecule has 1 fully saturated rings. The van der Waals surface area contributed by atoms with E-state index in [4.69, 9.17) is 4.74 Å². The molecule has 0 amide bonds. The Morgan fingerprint density at radius 3 is 2.40 bits per heavy atom. The molecule has 90 valence electrons. The van der Waals surface area contributed by atoms with E-state index in [1.165, 1.54) is 0 Å². The maximum absolute atomic E-state index is 9.33. The minimum Gasteiger partial charge on any atom is -0.395 e. The third kappa shape index (κ3) is 5.50. The molecule has 1 saturated heterocycles. The highest BCUT2D eigenvalue weighted by Gasteiger charge is 2.22. The van der Waals surface area contributed by atoms with E-state index in [0.717, 1.165) is 32.5 Å². The zero-order valence-electron chi connectivity index (χ0n) is 10.3. The second-order valence-electron chi connectivity index (χ2n) is 5.70. The highest BCUT2D eigenvalue weighted by atomic mass is 16.5. The summed E-state index contributed by atoms with van der Waals surface area (Å²) in [4.78, 5) is 0. The molecule has 0 aromatic heterocycles. The molecule has 3 nitrogen and oxygen atoms in total. The van der Waals surface area contributed by atoms with Gasteiger partial charge in [0, 0.05) is 25.3 Å². The van der Waals surface area contributed by atoms with E-state index >= 15 is 0 Å². The molecule has 1 aliphatic rings. The molecule has 1 rings (SSSR count). The standard InChI is InChI=1S/C12H25NO2/c1-12(2,3)8-11(9-14)13-10-4-6-15-7-5-10/h10-11,13-14H,4-9H2,1-3H3/t11-/m1/s1. The molecule has 1 aliphatic heterocycles. The van der Waals surface area contributed by atoms with Gasteiger partial charge in [0.25, 0.3) is 0 Å². The van der Waals surface area contributed by atoms with E-state index < -0.39 is 0 Å². The fourth-order valence-electron chi connectivity index (χ4n) is 2.11. The minimum atomic E-state index is 0.230. The Bertz CT molecular complexity index is 171. The van der Waals surface area contributed by atoms with Gasteiger partial charge in [0.15, 0.2) is 0 Å². The quantitative estimate of drug-likeness (QED) is 0.747. The number of hydrogen-bond donors (Lipinski definition) is 2. The first kappa shape index (κ1) is 12.9. The molecule has 1 heterocycles. The van der Waals surface area contributed by atoms with Gasteiger partial charge < -0.3 is 15.2 Å². The van der Waals surface area contributed by atoms with Crippen molar-refractivity contribution in [2.75, 3.05) is 19.8 Å². The highest BCUT2D eigenvalue weighted by molar-refractivity contribution is 4.79. The van der Waals surface area contributed by atoms with Gasteiger partial charge in [0.05, 0.1) is 6.61 Å². The van der Waals surface area contributed by atoms with Crippen LogP contribution in [0.2, 0.25) is 0 Å². The molecule has 15 heavy (non-hydrogen) atoms. The van der Waals surface area contributed by atoms with Crippen LogP contribution in [0.4, 0.5) is 0 Å². The van der Waals surface area contributed by atoms with Crippen LogP contribution in [-0.2, 0) is 4.74 Å². The Kier molecular flexibility index (Phi) is 5.03. The summed E-state index contributed by atoms with van der Waals surface area (Å²) in [6.07, 6.45) is 3.15. The van der Waals surface area contributed by atoms with Gasteiger partial charge in [-0.2, -0.15) is 0 Å². The summed E-state index contributed by atoms with van der Waals surface area (Å²) in [6, 6.07) is 0.756. The van der Waals surface area contributed by atoms with Crippen LogP contribution in [0.1, 0.15) is 40.0 Å². The van der Waals surface area contributed by atoms with Gasteiger partial charge >= 0.3 is 0 Å². The molecule has 0 bridgehead atoms. The van der Waals surface area contributed by atoms with Gasteiger partial charge in [-0.25, -0.2) is 0 Å².